The van der Waals surface area contributed by atoms with Crippen LogP contribution in [0.4, 0.5) is 10.5 Å². The van der Waals surface area contributed by atoms with Gasteiger partial charge in [0.25, 0.3) is 0 Å². The third-order valence-electron chi connectivity index (χ3n) is 2.85. The molecular formula is C17H12ClN3O2. The molecule has 6 heteroatoms. The maximum absolute atomic E-state index is 12.1. The molecule has 2 rings (SSSR count). The molecule has 0 saturated carbocycles. The van der Waals surface area contributed by atoms with Crippen molar-refractivity contribution in [3.63, 3.8) is 0 Å². The first-order chi connectivity index (χ1) is 11.1. The molecule has 0 aliphatic rings. The minimum absolute atomic E-state index is 0.164. The second-order valence-corrected chi connectivity index (χ2v) is 4.91. The second-order valence-electron chi connectivity index (χ2n) is 4.47. The van der Waals surface area contributed by atoms with Gasteiger partial charge in [0.15, 0.2) is 0 Å². The van der Waals surface area contributed by atoms with Crippen molar-refractivity contribution in [3.8, 4) is 6.07 Å². The summed E-state index contributed by atoms with van der Waals surface area (Å²) in [6.45, 7) is 0. The molecule has 0 heterocycles. The third-order valence-corrected chi connectivity index (χ3v) is 3.10. The number of rotatable bonds is 4. The summed E-state index contributed by atoms with van der Waals surface area (Å²) in [5.74, 6) is -0.458. The predicted molar refractivity (Wildman–Crippen MR) is 88.1 cm³/mol. The summed E-state index contributed by atoms with van der Waals surface area (Å²) < 4.78 is 0. The van der Waals surface area contributed by atoms with Gasteiger partial charge in [0, 0.05) is 22.5 Å². The number of nitrogens with zero attached hydrogens (tertiary/aromatic N) is 1. The maximum atomic E-state index is 12.1. The van der Waals surface area contributed by atoms with E-state index in [2.05, 4.69) is 10.6 Å². The van der Waals surface area contributed by atoms with E-state index in [0.717, 1.165) is 6.20 Å². The molecule has 0 spiro atoms. The molecule has 2 aromatic rings. The van der Waals surface area contributed by atoms with Gasteiger partial charge in [0.05, 0.1) is 0 Å². The smallest absolute Gasteiger partial charge is 0.313 e. The van der Waals surface area contributed by atoms with Crippen LogP contribution in [0.1, 0.15) is 10.4 Å². The number of hydrogen-bond donors (Lipinski definition) is 2. The molecule has 114 valence electrons. The largest absolute Gasteiger partial charge is 0.323 e. The minimum atomic E-state index is -0.569. The topological polar surface area (TPSA) is 82.0 Å². The number of anilines is 1. The first-order valence-electron chi connectivity index (χ1n) is 6.63. The fourth-order valence-electron chi connectivity index (χ4n) is 1.73. The van der Waals surface area contributed by atoms with Crippen molar-refractivity contribution in [2.45, 2.75) is 0 Å². The highest BCUT2D eigenvalue weighted by Gasteiger charge is 2.12. The summed E-state index contributed by atoms with van der Waals surface area (Å²) in [6, 6.07) is 16.1. The van der Waals surface area contributed by atoms with Crippen LogP contribution in [-0.4, -0.2) is 11.8 Å². The van der Waals surface area contributed by atoms with Gasteiger partial charge in [-0.3, -0.25) is 4.79 Å². The first kappa shape index (κ1) is 16.3. The zero-order chi connectivity index (χ0) is 16.7. The Morgan fingerprint density at radius 2 is 1.70 bits per heavy atom. The Labute approximate surface area is 138 Å². The van der Waals surface area contributed by atoms with E-state index in [1.54, 1.807) is 60.7 Å². The van der Waals surface area contributed by atoms with Crippen LogP contribution in [0.3, 0.4) is 0 Å². The van der Waals surface area contributed by atoms with E-state index in [1.165, 1.54) is 0 Å². The van der Waals surface area contributed by atoms with Gasteiger partial charge in [-0.1, -0.05) is 41.9 Å². The van der Waals surface area contributed by atoms with Gasteiger partial charge in [-0.2, -0.15) is 5.26 Å². The number of nitriles is 1. The van der Waals surface area contributed by atoms with Crippen molar-refractivity contribution in [1.29, 1.82) is 5.26 Å². The quantitative estimate of drug-likeness (QED) is 0.510. The fourth-order valence-corrected chi connectivity index (χ4v) is 1.86. The van der Waals surface area contributed by atoms with Gasteiger partial charge in [0.2, 0.25) is 5.78 Å². The summed E-state index contributed by atoms with van der Waals surface area (Å²) in [5.41, 5.74) is 0.746. The van der Waals surface area contributed by atoms with Crippen LogP contribution in [0, 0.1) is 11.3 Å². The Balaban J connectivity index is 2.02. The lowest BCUT2D eigenvalue weighted by atomic mass is 10.1. The van der Waals surface area contributed by atoms with Crippen molar-refractivity contribution in [3.05, 3.63) is 77.0 Å². The number of allylic oxidation sites excluding steroid dienone is 1. The van der Waals surface area contributed by atoms with Crippen LogP contribution in [0.15, 0.2) is 66.4 Å². The van der Waals surface area contributed by atoms with Crippen molar-refractivity contribution in [2.75, 3.05) is 5.32 Å². The molecule has 0 aliphatic carbocycles. The number of nitrogens with one attached hydrogen (secondary N) is 2. The highest BCUT2D eigenvalue weighted by atomic mass is 35.5. The zero-order valence-corrected chi connectivity index (χ0v) is 12.7. The molecule has 5 nitrogen and oxygen atoms in total. The number of carbonyl (C=O) groups is 2. The number of hydrogen-bond acceptors (Lipinski definition) is 3. The number of ketones is 1. The monoisotopic (exact) mass is 325 g/mol. The Kier molecular flexibility index (Phi) is 5.50. The van der Waals surface area contributed by atoms with Gasteiger partial charge >= 0.3 is 6.03 Å². The number of amides is 2. The van der Waals surface area contributed by atoms with Gasteiger partial charge in [-0.15, -0.1) is 0 Å². The zero-order valence-electron chi connectivity index (χ0n) is 11.9. The van der Waals surface area contributed by atoms with E-state index in [4.69, 9.17) is 16.9 Å². The van der Waals surface area contributed by atoms with E-state index in [9.17, 15) is 9.59 Å². The Morgan fingerprint density at radius 3 is 2.30 bits per heavy atom. The maximum Gasteiger partial charge on any atom is 0.323 e. The summed E-state index contributed by atoms with van der Waals surface area (Å²) in [5, 5.41) is 14.5. The molecular weight excluding hydrogens is 314 g/mol. The minimum Gasteiger partial charge on any atom is -0.313 e. The SMILES string of the molecule is N#C/C(=C\NC(=O)Nc1ccc(Cl)cc1)C(=O)c1ccccc1. The third kappa shape index (κ3) is 4.70. The first-order valence-corrected chi connectivity index (χ1v) is 7.01. The lowest BCUT2D eigenvalue weighted by molar-refractivity contribution is 0.103. The summed E-state index contributed by atoms with van der Waals surface area (Å²) >= 11 is 5.75. The number of Topliss-reactive ketones (excluding diaryl/α,β-unsaturated/α-hetero) is 1. The highest BCUT2D eigenvalue weighted by Crippen LogP contribution is 2.13. The average molecular weight is 326 g/mol. The fraction of sp³-hybridized carbons (Fsp3) is 0. The summed E-state index contributed by atoms with van der Waals surface area (Å²) in [7, 11) is 0. The van der Waals surface area contributed by atoms with Crippen molar-refractivity contribution in [1.82, 2.24) is 5.32 Å². The van der Waals surface area contributed by atoms with Gasteiger partial charge in [-0.25, -0.2) is 4.79 Å². The number of benzene rings is 2. The van der Waals surface area contributed by atoms with E-state index in [0.29, 0.717) is 16.3 Å². The molecule has 2 aromatic carbocycles. The molecule has 0 radical (unpaired) electrons. The van der Waals surface area contributed by atoms with Crippen LogP contribution in [-0.2, 0) is 0 Å². The van der Waals surface area contributed by atoms with Gasteiger partial charge in [0.1, 0.15) is 11.6 Å². The molecule has 2 amide bonds. The Morgan fingerprint density at radius 1 is 1.04 bits per heavy atom. The molecule has 0 bridgehead atoms. The van der Waals surface area contributed by atoms with E-state index < -0.39 is 11.8 Å². The number of urea groups is 1. The van der Waals surface area contributed by atoms with E-state index >= 15 is 0 Å². The molecule has 23 heavy (non-hydrogen) atoms. The normalized spacial score (nSPS) is 10.5. The average Bonchev–Trinajstić information content (AvgIpc) is 2.58. The number of carbonyl (C=O) groups excluding carboxylic acids is 2. The molecule has 0 fully saturated rings. The molecule has 0 aliphatic heterocycles. The van der Waals surface area contributed by atoms with Crippen molar-refractivity contribution >= 4 is 29.1 Å². The lowest BCUT2D eigenvalue weighted by Crippen LogP contribution is -2.25. The van der Waals surface area contributed by atoms with Crippen LogP contribution in [0.25, 0.3) is 0 Å². The van der Waals surface area contributed by atoms with Gasteiger partial charge < -0.3 is 10.6 Å². The van der Waals surface area contributed by atoms with Gasteiger partial charge in [-0.05, 0) is 24.3 Å². The lowest BCUT2D eigenvalue weighted by Gasteiger charge is -2.05. The van der Waals surface area contributed by atoms with Crippen LogP contribution < -0.4 is 10.6 Å². The molecule has 2 N–H and O–H groups in total. The summed E-state index contributed by atoms with van der Waals surface area (Å²) in [6.07, 6.45) is 1.08. The van der Waals surface area contributed by atoms with E-state index in [1.807, 2.05) is 0 Å². The van der Waals surface area contributed by atoms with Crippen LogP contribution >= 0.6 is 11.6 Å². The standard InChI is InChI=1S/C17H12ClN3O2/c18-14-6-8-15(9-7-14)21-17(23)20-11-13(10-19)16(22)12-4-2-1-3-5-12/h1-9,11H,(H2,20,21,23)/b13-11+. The molecule has 0 saturated heterocycles. The van der Waals surface area contributed by atoms with Crippen LogP contribution in [0.2, 0.25) is 5.02 Å². The second kappa shape index (κ2) is 7.78. The summed E-state index contributed by atoms with van der Waals surface area (Å²) in [4.78, 5) is 23.9. The molecule has 0 atom stereocenters. The molecule has 0 unspecified atom stereocenters. The van der Waals surface area contributed by atoms with Crippen molar-refractivity contribution in [2.24, 2.45) is 0 Å². The number of halogens is 1. The Hall–Kier alpha value is -3.10. The van der Waals surface area contributed by atoms with Crippen LogP contribution in [0.5, 0.6) is 0 Å². The highest BCUT2D eigenvalue weighted by molar-refractivity contribution is 6.30. The molecule has 0 aromatic heterocycles. The Bertz CT molecular complexity index is 778. The van der Waals surface area contributed by atoms with Crippen molar-refractivity contribution < 1.29 is 9.59 Å². The van der Waals surface area contributed by atoms with E-state index in [-0.39, 0.29) is 5.57 Å². The predicted octanol–water partition coefficient (Wildman–Crippen LogP) is 3.75.